The number of esters is 1. The van der Waals surface area contributed by atoms with E-state index in [0.29, 0.717) is 5.75 Å². The SMILES string of the molecule is COc1ccc(CC(=O)Oc2ccc([N+](=O)[O-])cc2OC)cc1. The molecular weight excluding hydrogens is 302 g/mol. The van der Waals surface area contributed by atoms with Gasteiger partial charge >= 0.3 is 5.97 Å². The second-order valence-electron chi connectivity index (χ2n) is 4.59. The van der Waals surface area contributed by atoms with Crippen LogP contribution in [0.25, 0.3) is 0 Å². The minimum absolute atomic E-state index is 0.0597. The van der Waals surface area contributed by atoms with Crippen LogP contribution in [0.1, 0.15) is 5.56 Å². The van der Waals surface area contributed by atoms with Gasteiger partial charge in [-0.2, -0.15) is 0 Å². The highest BCUT2D eigenvalue weighted by Gasteiger charge is 2.15. The molecule has 0 aliphatic rings. The third-order valence-corrected chi connectivity index (χ3v) is 3.09. The number of carbonyl (C=O) groups excluding carboxylic acids is 1. The number of nitro groups is 1. The van der Waals surface area contributed by atoms with Crippen LogP contribution >= 0.6 is 0 Å². The van der Waals surface area contributed by atoms with Gasteiger partial charge in [0.15, 0.2) is 11.5 Å². The summed E-state index contributed by atoms with van der Waals surface area (Å²) in [5.41, 5.74) is 0.619. The Hall–Kier alpha value is -3.09. The van der Waals surface area contributed by atoms with Crippen molar-refractivity contribution >= 4 is 11.7 Å². The van der Waals surface area contributed by atoms with Gasteiger partial charge in [-0.3, -0.25) is 14.9 Å². The van der Waals surface area contributed by atoms with E-state index in [4.69, 9.17) is 14.2 Å². The van der Waals surface area contributed by atoms with Crippen molar-refractivity contribution in [3.8, 4) is 17.2 Å². The fraction of sp³-hybridized carbons (Fsp3) is 0.188. The zero-order chi connectivity index (χ0) is 16.8. The largest absolute Gasteiger partial charge is 0.497 e. The average Bonchev–Trinajstić information content (AvgIpc) is 2.55. The molecule has 7 heteroatoms. The Morgan fingerprint density at radius 1 is 1.04 bits per heavy atom. The number of nitro benzene ring substituents is 1. The molecule has 2 aromatic rings. The highest BCUT2D eigenvalue weighted by molar-refractivity contribution is 5.76. The maximum absolute atomic E-state index is 12.0. The molecule has 0 saturated carbocycles. The summed E-state index contributed by atoms with van der Waals surface area (Å²) in [6.45, 7) is 0. The Morgan fingerprint density at radius 3 is 2.30 bits per heavy atom. The minimum atomic E-state index is -0.550. The zero-order valence-electron chi connectivity index (χ0n) is 12.6. The number of nitrogens with zero attached hydrogens (tertiary/aromatic N) is 1. The highest BCUT2D eigenvalue weighted by atomic mass is 16.6. The van der Waals surface area contributed by atoms with Crippen LogP contribution in [0, 0.1) is 10.1 Å². The first-order valence-corrected chi connectivity index (χ1v) is 6.69. The normalized spacial score (nSPS) is 10.0. The number of hydrogen-bond donors (Lipinski definition) is 0. The lowest BCUT2D eigenvalue weighted by Gasteiger charge is -2.09. The third-order valence-electron chi connectivity index (χ3n) is 3.09. The smallest absolute Gasteiger partial charge is 0.315 e. The van der Waals surface area contributed by atoms with Crippen molar-refractivity contribution in [1.82, 2.24) is 0 Å². The third kappa shape index (κ3) is 4.19. The number of methoxy groups -OCH3 is 2. The summed E-state index contributed by atoms with van der Waals surface area (Å²) >= 11 is 0. The van der Waals surface area contributed by atoms with Crippen LogP contribution in [0.2, 0.25) is 0 Å². The number of carbonyl (C=O) groups is 1. The Morgan fingerprint density at radius 2 is 1.74 bits per heavy atom. The molecule has 7 nitrogen and oxygen atoms in total. The zero-order valence-corrected chi connectivity index (χ0v) is 12.6. The van der Waals surface area contributed by atoms with Crippen LogP contribution in [-0.2, 0) is 11.2 Å². The average molecular weight is 317 g/mol. The van der Waals surface area contributed by atoms with Gasteiger partial charge in [-0.1, -0.05) is 12.1 Å². The van der Waals surface area contributed by atoms with Gasteiger partial charge in [0, 0.05) is 6.07 Å². The molecule has 0 N–H and O–H groups in total. The van der Waals surface area contributed by atoms with Crippen molar-refractivity contribution in [2.45, 2.75) is 6.42 Å². The minimum Gasteiger partial charge on any atom is -0.497 e. The maximum Gasteiger partial charge on any atom is 0.315 e. The topological polar surface area (TPSA) is 87.9 Å². The monoisotopic (exact) mass is 317 g/mol. The molecule has 0 radical (unpaired) electrons. The summed E-state index contributed by atoms with van der Waals surface area (Å²) in [4.78, 5) is 22.2. The molecule has 23 heavy (non-hydrogen) atoms. The van der Waals surface area contributed by atoms with Crippen molar-refractivity contribution in [1.29, 1.82) is 0 Å². The molecule has 0 aliphatic heterocycles. The first-order chi connectivity index (χ1) is 11.0. The molecule has 0 spiro atoms. The molecule has 0 atom stereocenters. The lowest BCUT2D eigenvalue weighted by Crippen LogP contribution is -2.12. The Labute approximate surface area is 132 Å². The molecule has 120 valence electrons. The quantitative estimate of drug-likeness (QED) is 0.352. The van der Waals surface area contributed by atoms with Crippen LogP contribution in [0.3, 0.4) is 0 Å². The first kappa shape index (κ1) is 16.3. The molecule has 0 saturated heterocycles. The molecule has 0 aromatic heterocycles. The van der Waals surface area contributed by atoms with E-state index in [1.807, 2.05) is 0 Å². The summed E-state index contributed by atoms with van der Waals surface area (Å²) in [5.74, 6) is 0.459. The number of benzene rings is 2. The van der Waals surface area contributed by atoms with Gasteiger partial charge in [-0.25, -0.2) is 0 Å². The van der Waals surface area contributed by atoms with E-state index in [2.05, 4.69) is 0 Å². The standard InChI is InChI=1S/C16H15NO6/c1-21-13-6-3-11(4-7-13)9-16(18)23-14-8-5-12(17(19)20)10-15(14)22-2/h3-8,10H,9H2,1-2H3. The second kappa shape index (κ2) is 7.26. The molecule has 0 heterocycles. The van der Waals surface area contributed by atoms with Gasteiger partial charge in [0.2, 0.25) is 0 Å². The summed E-state index contributed by atoms with van der Waals surface area (Å²) in [6.07, 6.45) is 0.0597. The van der Waals surface area contributed by atoms with Gasteiger partial charge < -0.3 is 14.2 Å². The van der Waals surface area contributed by atoms with E-state index < -0.39 is 10.9 Å². The molecule has 0 amide bonds. The van der Waals surface area contributed by atoms with E-state index in [1.54, 1.807) is 31.4 Å². The number of rotatable bonds is 6. The van der Waals surface area contributed by atoms with Crippen molar-refractivity contribution in [3.63, 3.8) is 0 Å². The van der Waals surface area contributed by atoms with Crippen LogP contribution in [0.15, 0.2) is 42.5 Å². The van der Waals surface area contributed by atoms with E-state index >= 15 is 0 Å². The highest BCUT2D eigenvalue weighted by Crippen LogP contribution is 2.31. The Balaban J connectivity index is 2.08. The Kier molecular flexibility index (Phi) is 5.14. The number of non-ortho nitro benzene ring substituents is 1. The van der Waals surface area contributed by atoms with Gasteiger partial charge in [-0.15, -0.1) is 0 Å². The molecule has 0 aliphatic carbocycles. The summed E-state index contributed by atoms with van der Waals surface area (Å²) in [7, 11) is 2.91. The Bertz CT molecular complexity index is 711. The summed E-state index contributed by atoms with van der Waals surface area (Å²) in [5, 5.41) is 10.7. The van der Waals surface area contributed by atoms with Crippen molar-refractivity contribution in [3.05, 3.63) is 58.1 Å². The molecule has 2 aromatic carbocycles. The molecule has 0 bridgehead atoms. The van der Waals surface area contributed by atoms with E-state index in [-0.39, 0.29) is 23.6 Å². The van der Waals surface area contributed by atoms with Crippen LogP contribution in [-0.4, -0.2) is 25.1 Å². The van der Waals surface area contributed by atoms with Crippen molar-refractivity contribution in [2.24, 2.45) is 0 Å². The van der Waals surface area contributed by atoms with E-state index in [9.17, 15) is 14.9 Å². The molecular formula is C16H15NO6. The summed E-state index contributed by atoms with van der Waals surface area (Å²) < 4.78 is 15.3. The maximum atomic E-state index is 12.0. The lowest BCUT2D eigenvalue weighted by atomic mass is 10.1. The summed E-state index contributed by atoms with van der Waals surface area (Å²) in [6, 6.07) is 10.8. The van der Waals surface area contributed by atoms with Crippen LogP contribution in [0.4, 0.5) is 5.69 Å². The predicted molar refractivity (Wildman–Crippen MR) is 82.0 cm³/mol. The van der Waals surface area contributed by atoms with Crippen molar-refractivity contribution < 1.29 is 23.9 Å². The lowest BCUT2D eigenvalue weighted by molar-refractivity contribution is -0.384. The number of ether oxygens (including phenoxy) is 3. The van der Waals surface area contributed by atoms with Crippen LogP contribution < -0.4 is 14.2 Å². The van der Waals surface area contributed by atoms with E-state index in [0.717, 1.165) is 5.56 Å². The van der Waals surface area contributed by atoms with Crippen molar-refractivity contribution in [2.75, 3.05) is 14.2 Å². The first-order valence-electron chi connectivity index (χ1n) is 6.69. The molecule has 0 fully saturated rings. The van der Waals surface area contributed by atoms with Gasteiger partial charge in [0.1, 0.15) is 5.75 Å². The van der Waals surface area contributed by atoms with Crippen LogP contribution in [0.5, 0.6) is 17.2 Å². The molecule has 2 rings (SSSR count). The molecule has 0 unspecified atom stereocenters. The fourth-order valence-electron chi connectivity index (χ4n) is 1.92. The van der Waals surface area contributed by atoms with Gasteiger partial charge in [-0.05, 0) is 23.8 Å². The second-order valence-corrected chi connectivity index (χ2v) is 4.59. The fourth-order valence-corrected chi connectivity index (χ4v) is 1.92. The predicted octanol–water partition coefficient (Wildman–Crippen LogP) is 2.76. The van der Waals surface area contributed by atoms with Gasteiger partial charge in [0.05, 0.1) is 31.6 Å². The van der Waals surface area contributed by atoms with Gasteiger partial charge in [0.25, 0.3) is 5.69 Å². The number of hydrogen-bond acceptors (Lipinski definition) is 6. The van der Waals surface area contributed by atoms with E-state index in [1.165, 1.54) is 25.3 Å².